The van der Waals surface area contributed by atoms with E-state index in [1.807, 2.05) is 0 Å². The molecule has 3 aliphatic rings. The van der Waals surface area contributed by atoms with Gasteiger partial charge in [-0.2, -0.15) is 5.10 Å². The molecule has 3 unspecified atom stereocenters. The average molecular weight is 628 g/mol. The third kappa shape index (κ3) is 8.28. The molecule has 1 saturated heterocycles. The second-order valence-corrected chi connectivity index (χ2v) is 11.4. The van der Waals surface area contributed by atoms with Crippen LogP contribution in [-0.4, -0.2) is 81.7 Å². The molecule has 3 aliphatic heterocycles. The minimum absolute atomic E-state index is 0.0604. The summed E-state index contributed by atoms with van der Waals surface area (Å²) < 4.78 is 18.7. The number of fused-ring (bicyclic) bond motifs is 1. The Morgan fingerprint density at radius 2 is 2.00 bits per heavy atom. The molecule has 18 nitrogen and oxygen atoms in total. The molecule has 0 spiro atoms. The number of esters is 1. The number of aliphatic imine (C=N–C) groups is 1. The van der Waals surface area contributed by atoms with Crippen molar-refractivity contribution < 1.29 is 43.0 Å². The number of amides is 2. The zero-order chi connectivity index (χ0) is 31.1. The number of β-lactam (4-membered cyclic amide) rings is 1. The van der Waals surface area contributed by atoms with Gasteiger partial charge in [-0.15, -0.1) is 11.8 Å². The second kappa shape index (κ2) is 13.9. The summed E-state index contributed by atoms with van der Waals surface area (Å²) in [6, 6.07) is -0.985. The third-order valence-electron chi connectivity index (χ3n) is 5.08. The van der Waals surface area contributed by atoms with Crippen LogP contribution in [0.5, 0.6) is 0 Å². The molecule has 7 N–H and O–H groups in total. The molecular weight excluding hydrogens is 598 g/mol. The van der Waals surface area contributed by atoms with E-state index in [4.69, 9.17) is 31.1 Å². The number of amidine groups is 1. The Morgan fingerprint density at radius 1 is 1.29 bits per heavy atom. The fourth-order valence-electron chi connectivity index (χ4n) is 3.52. The molecule has 3 heterocycles. The van der Waals surface area contributed by atoms with Crippen molar-refractivity contribution in [2.75, 3.05) is 5.75 Å². The summed E-state index contributed by atoms with van der Waals surface area (Å²) in [5.41, 5.74) is 13.6. The summed E-state index contributed by atoms with van der Waals surface area (Å²) in [5.74, 6) is -3.10. The lowest BCUT2D eigenvalue weighted by Gasteiger charge is -2.49. The third-order valence-corrected chi connectivity index (χ3v) is 7.64. The lowest BCUT2D eigenvalue weighted by Crippen LogP contribution is -2.70. The maximum absolute atomic E-state index is 13.2. The lowest BCUT2D eigenvalue weighted by atomic mass is 10.0. The van der Waals surface area contributed by atoms with E-state index >= 15 is 0 Å². The van der Waals surface area contributed by atoms with Crippen LogP contribution in [-0.2, 0) is 48.9 Å². The number of hydrogen-bond acceptors (Lipinski definition) is 15. The fraction of sp³-hybridized carbons (Fsp3) is 0.455. The Labute approximate surface area is 245 Å². The van der Waals surface area contributed by atoms with Crippen molar-refractivity contribution >= 4 is 69.7 Å². The molecule has 0 aromatic heterocycles. The van der Waals surface area contributed by atoms with Gasteiger partial charge < -0.3 is 35.8 Å². The first-order chi connectivity index (χ1) is 19.8. The fourth-order valence-corrected chi connectivity index (χ4v) is 5.85. The van der Waals surface area contributed by atoms with Crippen molar-refractivity contribution in [2.45, 2.75) is 57.9 Å². The quantitative estimate of drug-likeness (QED) is 0.0506. The summed E-state index contributed by atoms with van der Waals surface area (Å²) in [7, 11) is -1.13. The van der Waals surface area contributed by atoms with Gasteiger partial charge in [0.1, 0.15) is 17.1 Å². The molecule has 0 saturated carbocycles. The normalized spacial score (nSPS) is 22.1. The highest BCUT2D eigenvalue weighted by atomic mass is 32.2. The van der Waals surface area contributed by atoms with Gasteiger partial charge in [0.25, 0.3) is 5.91 Å². The van der Waals surface area contributed by atoms with Gasteiger partial charge in [-0.25, -0.2) is 24.8 Å². The second-order valence-electron chi connectivity index (χ2n) is 8.83. The van der Waals surface area contributed by atoms with Crippen LogP contribution in [0.1, 0.15) is 34.1 Å². The highest BCUT2D eigenvalue weighted by molar-refractivity contribution is 8.05. The van der Waals surface area contributed by atoms with Gasteiger partial charge in [0.2, 0.25) is 18.2 Å². The maximum Gasteiger partial charge on any atom is 0.511 e. The zero-order valence-electron chi connectivity index (χ0n) is 22.8. The number of rotatable bonds is 10. The van der Waals surface area contributed by atoms with E-state index in [1.165, 1.54) is 37.2 Å². The number of carbonyl (C=O) groups excluding carboxylic acids is 5. The SMILES string of the molecule is CC(=O)ON=S1C=C(CC(=O)NC2C(=O)N3C(C(=O)OC(C)OC(=O)OC(C)C)=C(/C=N\NC(=N)N)CS[C@@H]23)N=C1N. The van der Waals surface area contributed by atoms with Crippen LogP contribution in [0.25, 0.3) is 0 Å². The Kier molecular flexibility index (Phi) is 10.6. The summed E-state index contributed by atoms with van der Waals surface area (Å²) in [6.45, 7) is 5.69. The number of carbonyl (C=O) groups is 5. The zero-order valence-corrected chi connectivity index (χ0v) is 24.4. The Hall–Kier alpha value is -4.46. The molecular formula is C22H29N9O9S2. The molecule has 2 amide bonds. The molecule has 0 bridgehead atoms. The van der Waals surface area contributed by atoms with Crippen molar-refractivity contribution in [1.82, 2.24) is 15.6 Å². The van der Waals surface area contributed by atoms with Gasteiger partial charge in [-0.05, 0) is 18.4 Å². The van der Waals surface area contributed by atoms with Crippen molar-refractivity contribution in [3.05, 3.63) is 22.4 Å². The number of hydrazone groups is 1. The number of thioether (sulfide) groups is 1. The first-order valence-corrected chi connectivity index (χ1v) is 14.4. The van der Waals surface area contributed by atoms with Crippen molar-refractivity contribution in [3.8, 4) is 0 Å². The molecule has 1 fully saturated rings. The molecule has 20 heteroatoms. The molecule has 42 heavy (non-hydrogen) atoms. The van der Waals surface area contributed by atoms with Crippen LogP contribution >= 0.6 is 11.8 Å². The van der Waals surface area contributed by atoms with Gasteiger partial charge in [0.05, 0.1) is 24.4 Å². The van der Waals surface area contributed by atoms with E-state index in [0.717, 1.165) is 4.90 Å². The van der Waals surface area contributed by atoms with Crippen molar-refractivity contribution in [2.24, 2.45) is 26.1 Å². The number of guanidine groups is 1. The Balaban J connectivity index is 1.72. The number of nitrogens with one attached hydrogen (secondary N) is 3. The van der Waals surface area contributed by atoms with Crippen LogP contribution < -0.4 is 22.2 Å². The first-order valence-electron chi connectivity index (χ1n) is 12.1. The van der Waals surface area contributed by atoms with Gasteiger partial charge in [0, 0.05) is 41.3 Å². The molecule has 228 valence electrons. The Bertz CT molecular complexity index is 1340. The van der Waals surface area contributed by atoms with Crippen LogP contribution in [0.3, 0.4) is 0 Å². The van der Waals surface area contributed by atoms with E-state index in [-0.39, 0.29) is 34.3 Å². The molecule has 0 aromatic rings. The van der Waals surface area contributed by atoms with Crippen LogP contribution in [0.4, 0.5) is 4.79 Å². The van der Waals surface area contributed by atoms with Crippen LogP contribution in [0.15, 0.2) is 37.0 Å². The summed E-state index contributed by atoms with van der Waals surface area (Å²) in [4.78, 5) is 71.6. The molecule has 4 atom stereocenters. The van der Waals surface area contributed by atoms with E-state index < -0.39 is 70.4 Å². The topological polar surface area (TPSA) is 263 Å². The predicted octanol–water partition coefficient (Wildman–Crippen LogP) is -0.600. The highest BCUT2D eigenvalue weighted by Gasteiger charge is 2.54. The van der Waals surface area contributed by atoms with Crippen LogP contribution in [0.2, 0.25) is 0 Å². The van der Waals surface area contributed by atoms with Crippen LogP contribution in [0, 0.1) is 5.41 Å². The lowest BCUT2D eigenvalue weighted by molar-refractivity contribution is -0.169. The van der Waals surface area contributed by atoms with E-state index in [1.54, 1.807) is 13.8 Å². The highest BCUT2D eigenvalue weighted by Crippen LogP contribution is 2.40. The largest absolute Gasteiger partial charge is 0.511 e. The molecule has 3 rings (SSSR count). The minimum atomic E-state index is -1.37. The number of hydrogen-bond donors (Lipinski definition) is 5. The summed E-state index contributed by atoms with van der Waals surface area (Å²) in [6.07, 6.45) is -1.92. The van der Waals surface area contributed by atoms with Crippen molar-refractivity contribution in [1.29, 1.82) is 5.41 Å². The summed E-state index contributed by atoms with van der Waals surface area (Å²) in [5, 5.41) is 14.5. The van der Waals surface area contributed by atoms with Gasteiger partial charge in [-0.1, -0.05) is 0 Å². The van der Waals surface area contributed by atoms with E-state index in [9.17, 15) is 24.0 Å². The Morgan fingerprint density at radius 3 is 2.64 bits per heavy atom. The molecule has 0 radical (unpaired) electrons. The predicted molar refractivity (Wildman–Crippen MR) is 150 cm³/mol. The molecule has 0 aliphatic carbocycles. The number of ether oxygens (including phenoxy) is 3. The number of nitrogens with zero attached hydrogens (tertiary/aromatic N) is 4. The maximum atomic E-state index is 13.2. The van der Waals surface area contributed by atoms with Crippen molar-refractivity contribution in [3.63, 3.8) is 0 Å². The minimum Gasteiger partial charge on any atom is -0.431 e. The van der Waals surface area contributed by atoms with Gasteiger partial charge in [0.15, 0.2) is 5.17 Å². The first kappa shape index (κ1) is 32.1. The number of nitrogens with two attached hydrogens (primary N) is 2. The van der Waals surface area contributed by atoms with Gasteiger partial charge in [-0.3, -0.25) is 19.9 Å². The summed E-state index contributed by atoms with van der Waals surface area (Å²) >= 11 is 1.24. The van der Waals surface area contributed by atoms with E-state index in [2.05, 4.69) is 30.2 Å². The van der Waals surface area contributed by atoms with E-state index in [0.29, 0.717) is 0 Å². The average Bonchev–Trinajstić information content (AvgIpc) is 3.22. The van der Waals surface area contributed by atoms with Gasteiger partial charge >= 0.3 is 18.1 Å². The smallest absolute Gasteiger partial charge is 0.431 e. The molecule has 0 aromatic carbocycles. The monoisotopic (exact) mass is 627 g/mol. The standard InChI is InChI=1S/C22H29N9O9S2/c1-9(2)37-22(36)39-11(4)38-19(35)16-12(6-26-29-20(23)24)7-41-18-15(17(34)31(16)18)28-14(33)5-13-8-42(21(25)27-13)30-40-10(3)32/h6,8-9,11,15,18H,5,7H2,1-4H3,(H2,25,27)(H,28,33)(H4,23,24,29)/b26-6-/t11?,15?,18-,42?/m0/s1.